The van der Waals surface area contributed by atoms with Crippen molar-refractivity contribution < 1.29 is 0 Å². The van der Waals surface area contributed by atoms with Crippen molar-refractivity contribution in [1.82, 2.24) is 24.9 Å². The van der Waals surface area contributed by atoms with Gasteiger partial charge in [0.2, 0.25) is 0 Å². The van der Waals surface area contributed by atoms with Crippen LogP contribution in [0.15, 0.2) is 140 Å². The van der Waals surface area contributed by atoms with Gasteiger partial charge in [-0.3, -0.25) is 9.97 Å². The molecule has 0 aliphatic rings. The normalized spacial score (nSPS) is 11.3. The minimum atomic E-state index is 0.653. The van der Waals surface area contributed by atoms with E-state index >= 15 is 0 Å². The molecule has 43 heavy (non-hydrogen) atoms. The van der Waals surface area contributed by atoms with E-state index in [4.69, 9.17) is 19.9 Å². The van der Waals surface area contributed by atoms with Crippen LogP contribution in [0.1, 0.15) is 0 Å². The smallest absolute Gasteiger partial charge is 0.164 e. The lowest BCUT2D eigenvalue weighted by atomic mass is 10.0. The highest BCUT2D eigenvalue weighted by Gasteiger charge is 2.14. The molecule has 6 heteroatoms. The number of hydrogen-bond acceptors (Lipinski definition) is 6. The van der Waals surface area contributed by atoms with E-state index < -0.39 is 0 Å². The Morgan fingerprint density at radius 2 is 0.977 bits per heavy atom. The maximum Gasteiger partial charge on any atom is 0.164 e. The average Bonchev–Trinajstić information content (AvgIpc) is 3.46. The first kappa shape index (κ1) is 25.1. The summed E-state index contributed by atoms with van der Waals surface area (Å²) >= 11 is 1.79. The molecule has 4 aromatic heterocycles. The molecule has 0 atom stereocenters. The van der Waals surface area contributed by atoms with Crippen LogP contribution in [0.4, 0.5) is 0 Å². The predicted octanol–water partition coefficient (Wildman–Crippen LogP) is 9.36. The van der Waals surface area contributed by atoms with Gasteiger partial charge in [-0.25, -0.2) is 15.0 Å². The molecule has 0 saturated heterocycles. The fourth-order valence-electron chi connectivity index (χ4n) is 5.28. The molecule has 0 radical (unpaired) electrons. The molecule has 202 valence electrons. The van der Waals surface area contributed by atoms with Gasteiger partial charge in [0.15, 0.2) is 17.5 Å². The van der Waals surface area contributed by atoms with Crippen molar-refractivity contribution in [2.45, 2.75) is 0 Å². The standard InChI is InChI=1S/C37H23N5S/c1-3-8-24(9-4-1)35-40-36(25-10-5-2-6-11-25)42-37(41-35)27-15-18-34-31(21-27)30-20-26(14-17-33(30)43-34)28-13-16-32(39-23-28)29-12-7-19-38-22-29/h1-23H. The van der Waals surface area contributed by atoms with Crippen LogP contribution in [0.5, 0.6) is 0 Å². The van der Waals surface area contributed by atoms with Gasteiger partial charge in [0.25, 0.3) is 0 Å². The van der Waals surface area contributed by atoms with Crippen LogP contribution < -0.4 is 0 Å². The molecule has 0 unspecified atom stereocenters. The molecule has 0 spiro atoms. The van der Waals surface area contributed by atoms with Crippen LogP contribution in [0, 0.1) is 0 Å². The first-order chi connectivity index (χ1) is 21.3. The lowest BCUT2D eigenvalue weighted by molar-refractivity contribution is 1.07. The summed E-state index contributed by atoms with van der Waals surface area (Å²) in [7, 11) is 0. The van der Waals surface area contributed by atoms with Gasteiger partial charge in [0, 0.05) is 66.6 Å². The highest BCUT2D eigenvalue weighted by molar-refractivity contribution is 7.25. The third-order valence-corrected chi connectivity index (χ3v) is 8.63. The molecule has 0 aliphatic heterocycles. The summed E-state index contributed by atoms with van der Waals surface area (Å²) in [6.07, 6.45) is 5.54. The van der Waals surface area contributed by atoms with Crippen LogP contribution in [0.2, 0.25) is 0 Å². The second kappa shape index (κ2) is 10.7. The molecule has 0 N–H and O–H groups in total. The number of nitrogens with zero attached hydrogens (tertiary/aromatic N) is 5. The zero-order chi connectivity index (χ0) is 28.6. The Kier molecular flexibility index (Phi) is 6.24. The Morgan fingerprint density at radius 1 is 0.419 bits per heavy atom. The third-order valence-electron chi connectivity index (χ3n) is 7.48. The number of pyridine rings is 2. The van der Waals surface area contributed by atoms with Crippen molar-refractivity contribution in [3.8, 4) is 56.5 Å². The monoisotopic (exact) mass is 569 g/mol. The first-order valence-electron chi connectivity index (χ1n) is 14.0. The SMILES string of the molecule is c1ccc(-c2nc(-c3ccccc3)nc(-c3ccc4sc5ccc(-c6ccc(-c7cccnc7)nc6)cc5c4c3)n2)cc1. The first-order valence-corrected chi connectivity index (χ1v) is 14.8. The Balaban J connectivity index is 1.23. The Hall–Kier alpha value is -5.59. The fraction of sp³-hybridized carbons (Fsp3) is 0. The van der Waals surface area contributed by atoms with Crippen LogP contribution in [0.25, 0.3) is 76.7 Å². The van der Waals surface area contributed by atoms with Crippen molar-refractivity contribution >= 4 is 31.5 Å². The molecule has 0 amide bonds. The van der Waals surface area contributed by atoms with E-state index in [-0.39, 0.29) is 0 Å². The maximum atomic E-state index is 4.94. The van der Waals surface area contributed by atoms with E-state index in [1.54, 1.807) is 17.5 Å². The number of fused-ring (bicyclic) bond motifs is 3. The van der Waals surface area contributed by atoms with E-state index in [9.17, 15) is 0 Å². The quantitative estimate of drug-likeness (QED) is 0.207. The minimum Gasteiger partial charge on any atom is -0.264 e. The molecule has 8 aromatic rings. The Bertz CT molecular complexity index is 2150. The summed E-state index contributed by atoms with van der Waals surface area (Å²) in [4.78, 5) is 23.7. The third kappa shape index (κ3) is 4.84. The van der Waals surface area contributed by atoms with Crippen LogP contribution in [0.3, 0.4) is 0 Å². The number of aromatic nitrogens is 5. The van der Waals surface area contributed by atoms with Gasteiger partial charge in [0.1, 0.15) is 0 Å². The summed E-state index contributed by atoms with van der Waals surface area (Å²) < 4.78 is 2.46. The zero-order valence-electron chi connectivity index (χ0n) is 22.9. The molecule has 4 heterocycles. The van der Waals surface area contributed by atoms with E-state index in [0.717, 1.165) is 39.1 Å². The van der Waals surface area contributed by atoms with Gasteiger partial charge in [-0.1, -0.05) is 72.8 Å². The number of benzene rings is 4. The summed E-state index contributed by atoms with van der Waals surface area (Å²) in [5.41, 5.74) is 6.98. The molecule has 0 bridgehead atoms. The average molecular weight is 570 g/mol. The van der Waals surface area contributed by atoms with Gasteiger partial charge in [-0.2, -0.15) is 0 Å². The zero-order valence-corrected chi connectivity index (χ0v) is 23.7. The second-order valence-corrected chi connectivity index (χ2v) is 11.3. The molecule has 8 rings (SSSR count). The van der Waals surface area contributed by atoms with E-state index in [0.29, 0.717) is 17.5 Å². The van der Waals surface area contributed by atoms with Crippen LogP contribution in [-0.2, 0) is 0 Å². The molecule has 0 saturated carbocycles. The van der Waals surface area contributed by atoms with E-state index in [1.807, 2.05) is 85.2 Å². The van der Waals surface area contributed by atoms with Gasteiger partial charge < -0.3 is 0 Å². The van der Waals surface area contributed by atoms with Gasteiger partial charge >= 0.3 is 0 Å². The van der Waals surface area contributed by atoms with E-state index in [2.05, 4.69) is 53.5 Å². The van der Waals surface area contributed by atoms with Gasteiger partial charge in [0.05, 0.1) is 5.69 Å². The lowest BCUT2D eigenvalue weighted by Gasteiger charge is -2.08. The molecular weight excluding hydrogens is 547 g/mol. The number of thiophene rings is 1. The lowest BCUT2D eigenvalue weighted by Crippen LogP contribution is -2.00. The summed E-state index contributed by atoms with van der Waals surface area (Å²) in [5.74, 6) is 1.97. The van der Waals surface area contributed by atoms with E-state index in [1.165, 1.54) is 20.2 Å². The van der Waals surface area contributed by atoms with Crippen LogP contribution in [-0.4, -0.2) is 24.9 Å². The highest BCUT2D eigenvalue weighted by atomic mass is 32.1. The Morgan fingerprint density at radius 3 is 1.56 bits per heavy atom. The van der Waals surface area contributed by atoms with Gasteiger partial charge in [-0.15, -0.1) is 11.3 Å². The topological polar surface area (TPSA) is 64.5 Å². The fourth-order valence-corrected chi connectivity index (χ4v) is 6.35. The molecule has 0 fully saturated rings. The summed E-state index contributed by atoms with van der Waals surface area (Å²) in [6, 6.07) is 41.4. The van der Waals surface area contributed by atoms with Crippen molar-refractivity contribution in [2.75, 3.05) is 0 Å². The minimum absolute atomic E-state index is 0.653. The molecule has 0 aliphatic carbocycles. The summed E-state index contributed by atoms with van der Waals surface area (Å²) in [5, 5.41) is 2.39. The second-order valence-electron chi connectivity index (χ2n) is 10.2. The molecule has 5 nitrogen and oxygen atoms in total. The summed E-state index contributed by atoms with van der Waals surface area (Å²) in [6.45, 7) is 0. The molecule has 4 aromatic carbocycles. The number of hydrogen-bond donors (Lipinski definition) is 0. The Labute approximate surface area is 252 Å². The van der Waals surface area contributed by atoms with Crippen molar-refractivity contribution in [2.24, 2.45) is 0 Å². The number of rotatable bonds is 5. The maximum absolute atomic E-state index is 4.94. The van der Waals surface area contributed by atoms with Crippen molar-refractivity contribution in [1.29, 1.82) is 0 Å². The van der Waals surface area contributed by atoms with Gasteiger partial charge in [-0.05, 0) is 54.1 Å². The van der Waals surface area contributed by atoms with Crippen molar-refractivity contribution in [3.05, 3.63) is 140 Å². The highest BCUT2D eigenvalue weighted by Crippen LogP contribution is 2.38. The largest absolute Gasteiger partial charge is 0.264 e. The van der Waals surface area contributed by atoms with Crippen molar-refractivity contribution in [3.63, 3.8) is 0 Å². The molecular formula is C37H23N5S. The predicted molar refractivity (Wildman–Crippen MR) is 175 cm³/mol. The van der Waals surface area contributed by atoms with Crippen LogP contribution >= 0.6 is 11.3 Å².